The molecule has 1 aromatic heterocycles. The zero-order valence-electron chi connectivity index (χ0n) is 9.47. The highest BCUT2D eigenvalue weighted by atomic mass is 16.1. The molecule has 0 saturated heterocycles. The summed E-state index contributed by atoms with van der Waals surface area (Å²) in [5.74, 6) is 0.149. The van der Waals surface area contributed by atoms with Gasteiger partial charge in [0.1, 0.15) is 5.78 Å². The van der Waals surface area contributed by atoms with E-state index in [2.05, 4.69) is 4.98 Å². The molecule has 0 spiro atoms. The number of pyridine rings is 1. The summed E-state index contributed by atoms with van der Waals surface area (Å²) < 4.78 is 0. The maximum atomic E-state index is 11.9. The van der Waals surface area contributed by atoms with Crippen molar-refractivity contribution >= 4 is 11.5 Å². The standard InChI is InChI=1S/C14H14N2O/c15-14-6-7-16-10-12(14)9-13(17)8-11-4-2-1-3-5-11/h1-7,10H,8-9H2,(H2,15,16). The van der Waals surface area contributed by atoms with Crippen molar-refractivity contribution in [2.45, 2.75) is 12.8 Å². The van der Waals surface area contributed by atoms with Crippen molar-refractivity contribution in [1.82, 2.24) is 4.98 Å². The van der Waals surface area contributed by atoms with Crippen LogP contribution in [0, 0.1) is 0 Å². The summed E-state index contributed by atoms with van der Waals surface area (Å²) in [5.41, 5.74) is 8.22. The second kappa shape index (κ2) is 5.25. The van der Waals surface area contributed by atoms with Crippen LogP contribution in [0.25, 0.3) is 0 Å². The maximum Gasteiger partial charge on any atom is 0.141 e. The lowest BCUT2D eigenvalue weighted by molar-refractivity contribution is -0.117. The first-order chi connectivity index (χ1) is 8.25. The number of benzene rings is 1. The molecular weight excluding hydrogens is 212 g/mol. The number of aromatic nitrogens is 1. The van der Waals surface area contributed by atoms with E-state index in [9.17, 15) is 4.79 Å². The molecule has 0 atom stereocenters. The van der Waals surface area contributed by atoms with Crippen LogP contribution in [0.4, 0.5) is 5.69 Å². The van der Waals surface area contributed by atoms with E-state index in [1.54, 1.807) is 18.5 Å². The maximum absolute atomic E-state index is 11.9. The predicted molar refractivity (Wildman–Crippen MR) is 67.5 cm³/mol. The van der Waals surface area contributed by atoms with Crippen LogP contribution in [0.5, 0.6) is 0 Å². The molecule has 1 heterocycles. The van der Waals surface area contributed by atoms with Gasteiger partial charge in [-0.05, 0) is 11.6 Å². The lowest BCUT2D eigenvalue weighted by Gasteiger charge is -2.04. The fraction of sp³-hybridized carbons (Fsp3) is 0.143. The Bertz CT molecular complexity index is 509. The number of nitrogen functional groups attached to an aromatic ring is 1. The van der Waals surface area contributed by atoms with Gasteiger partial charge in [0.15, 0.2) is 0 Å². The molecule has 1 aromatic carbocycles. The van der Waals surface area contributed by atoms with E-state index in [-0.39, 0.29) is 5.78 Å². The molecule has 0 aliphatic rings. The minimum atomic E-state index is 0.149. The van der Waals surface area contributed by atoms with Crippen molar-refractivity contribution in [3.63, 3.8) is 0 Å². The lowest BCUT2D eigenvalue weighted by Crippen LogP contribution is -2.08. The van der Waals surface area contributed by atoms with Crippen LogP contribution >= 0.6 is 0 Å². The molecule has 2 N–H and O–H groups in total. The number of carbonyl (C=O) groups is 1. The molecule has 0 aliphatic heterocycles. The zero-order chi connectivity index (χ0) is 12.1. The van der Waals surface area contributed by atoms with E-state index in [4.69, 9.17) is 5.73 Å². The molecule has 86 valence electrons. The van der Waals surface area contributed by atoms with Gasteiger partial charge in [0.05, 0.1) is 0 Å². The number of rotatable bonds is 4. The molecule has 0 saturated carbocycles. The van der Waals surface area contributed by atoms with E-state index < -0.39 is 0 Å². The van der Waals surface area contributed by atoms with E-state index >= 15 is 0 Å². The number of Topliss-reactive ketones (excluding diaryl/α,β-unsaturated/α-hetero) is 1. The topological polar surface area (TPSA) is 56.0 Å². The highest BCUT2D eigenvalue weighted by Crippen LogP contribution is 2.11. The molecule has 2 rings (SSSR count). The number of hydrogen-bond acceptors (Lipinski definition) is 3. The summed E-state index contributed by atoms with van der Waals surface area (Å²) in [4.78, 5) is 15.8. The number of carbonyl (C=O) groups excluding carboxylic acids is 1. The predicted octanol–water partition coefficient (Wildman–Crippen LogP) is 2.02. The summed E-state index contributed by atoms with van der Waals surface area (Å²) in [6, 6.07) is 11.4. The Labute approximate surface area is 100 Å². The van der Waals surface area contributed by atoms with Crippen molar-refractivity contribution < 1.29 is 4.79 Å². The van der Waals surface area contributed by atoms with Gasteiger partial charge in [-0.1, -0.05) is 30.3 Å². The number of nitrogens with two attached hydrogens (primary N) is 1. The molecule has 0 unspecified atom stereocenters. The van der Waals surface area contributed by atoms with Crippen LogP contribution in [0.1, 0.15) is 11.1 Å². The lowest BCUT2D eigenvalue weighted by atomic mass is 10.0. The Morgan fingerprint density at radius 1 is 1.12 bits per heavy atom. The van der Waals surface area contributed by atoms with Gasteiger partial charge in [0.2, 0.25) is 0 Å². The molecule has 0 amide bonds. The van der Waals surface area contributed by atoms with Crippen LogP contribution in [0.3, 0.4) is 0 Å². The van der Waals surface area contributed by atoms with Crippen LogP contribution in [-0.2, 0) is 17.6 Å². The average Bonchev–Trinajstić information content (AvgIpc) is 2.33. The molecule has 0 radical (unpaired) electrons. The molecule has 2 aromatic rings. The average molecular weight is 226 g/mol. The van der Waals surface area contributed by atoms with Gasteiger partial charge in [-0.15, -0.1) is 0 Å². The second-order valence-corrected chi connectivity index (χ2v) is 3.95. The van der Waals surface area contributed by atoms with Gasteiger partial charge in [-0.2, -0.15) is 0 Å². The first kappa shape index (κ1) is 11.3. The monoisotopic (exact) mass is 226 g/mol. The number of nitrogens with zero attached hydrogens (tertiary/aromatic N) is 1. The second-order valence-electron chi connectivity index (χ2n) is 3.95. The van der Waals surface area contributed by atoms with Gasteiger partial charge >= 0.3 is 0 Å². The molecule has 17 heavy (non-hydrogen) atoms. The molecule has 0 fully saturated rings. The summed E-state index contributed by atoms with van der Waals surface area (Å²) in [6.45, 7) is 0. The van der Waals surface area contributed by atoms with Gasteiger partial charge in [0.25, 0.3) is 0 Å². The van der Waals surface area contributed by atoms with Crippen LogP contribution in [0.2, 0.25) is 0 Å². The zero-order valence-corrected chi connectivity index (χ0v) is 9.47. The Morgan fingerprint density at radius 3 is 2.59 bits per heavy atom. The summed E-state index contributed by atoms with van der Waals surface area (Å²) in [6.07, 6.45) is 4.06. The fourth-order valence-corrected chi connectivity index (χ4v) is 1.68. The van der Waals surface area contributed by atoms with E-state index in [1.807, 2.05) is 30.3 Å². The van der Waals surface area contributed by atoms with Crippen molar-refractivity contribution in [2.75, 3.05) is 5.73 Å². The Hall–Kier alpha value is -2.16. The number of hydrogen-bond donors (Lipinski definition) is 1. The summed E-state index contributed by atoms with van der Waals surface area (Å²) in [5, 5.41) is 0. The number of anilines is 1. The minimum Gasteiger partial charge on any atom is -0.398 e. The fourth-order valence-electron chi connectivity index (χ4n) is 1.68. The molecule has 0 bridgehead atoms. The minimum absolute atomic E-state index is 0.149. The Morgan fingerprint density at radius 2 is 1.88 bits per heavy atom. The molecule has 3 heteroatoms. The summed E-state index contributed by atoms with van der Waals surface area (Å²) in [7, 11) is 0. The number of ketones is 1. The highest BCUT2D eigenvalue weighted by Gasteiger charge is 2.07. The van der Waals surface area contributed by atoms with E-state index in [1.165, 1.54) is 0 Å². The molecular formula is C14H14N2O. The van der Waals surface area contributed by atoms with Crippen molar-refractivity contribution in [2.24, 2.45) is 0 Å². The third-order valence-electron chi connectivity index (χ3n) is 2.57. The van der Waals surface area contributed by atoms with Crippen molar-refractivity contribution in [1.29, 1.82) is 0 Å². The third-order valence-corrected chi connectivity index (χ3v) is 2.57. The smallest absolute Gasteiger partial charge is 0.141 e. The highest BCUT2D eigenvalue weighted by molar-refractivity contribution is 5.84. The summed E-state index contributed by atoms with van der Waals surface area (Å²) >= 11 is 0. The van der Waals surface area contributed by atoms with Crippen LogP contribution in [0.15, 0.2) is 48.8 Å². The molecule has 0 aliphatic carbocycles. The van der Waals surface area contributed by atoms with Gasteiger partial charge in [-0.3, -0.25) is 9.78 Å². The van der Waals surface area contributed by atoms with Gasteiger partial charge in [-0.25, -0.2) is 0 Å². The first-order valence-electron chi connectivity index (χ1n) is 5.49. The quantitative estimate of drug-likeness (QED) is 0.867. The Balaban J connectivity index is 2.01. The Kier molecular flexibility index (Phi) is 3.50. The van der Waals surface area contributed by atoms with Gasteiger partial charge < -0.3 is 5.73 Å². The third kappa shape index (κ3) is 3.14. The largest absolute Gasteiger partial charge is 0.398 e. The first-order valence-corrected chi connectivity index (χ1v) is 5.49. The van der Waals surface area contributed by atoms with Crippen LogP contribution in [-0.4, -0.2) is 10.8 Å². The SMILES string of the molecule is Nc1ccncc1CC(=O)Cc1ccccc1. The normalized spacial score (nSPS) is 10.1. The van der Waals surface area contributed by atoms with E-state index in [0.717, 1.165) is 11.1 Å². The van der Waals surface area contributed by atoms with Crippen molar-refractivity contribution in [3.05, 3.63) is 59.9 Å². The van der Waals surface area contributed by atoms with Crippen LogP contribution < -0.4 is 5.73 Å². The molecule has 3 nitrogen and oxygen atoms in total. The van der Waals surface area contributed by atoms with E-state index in [0.29, 0.717) is 18.5 Å². The van der Waals surface area contributed by atoms with Gasteiger partial charge in [0, 0.05) is 36.5 Å². The van der Waals surface area contributed by atoms with Crippen molar-refractivity contribution in [3.8, 4) is 0 Å².